The molecule has 8 nitrogen and oxygen atoms in total. The van der Waals surface area contributed by atoms with Crippen LogP contribution in [0.25, 0.3) is 0 Å². The first-order chi connectivity index (χ1) is 6.45. The topological polar surface area (TPSA) is 153 Å². The molecule has 4 atom stereocenters. The molecule has 0 aliphatic heterocycles. The minimum Gasteiger partial charge on any atom is -0.479 e. The molecule has 0 fully saturated rings. The quantitative estimate of drug-likeness (QED) is 0.246. The van der Waals surface area contributed by atoms with Crippen molar-refractivity contribution in [2.45, 2.75) is 24.4 Å². The SMILES string of the molecule is NO[C@@H](C(=O)O)[C@@H](O)[C@H](O)[C@@H](O)CO. The molecule has 7 N–H and O–H groups in total. The average molecular weight is 211 g/mol. The maximum atomic E-state index is 10.4. The fourth-order valence-corrected chi connectivity index (χ4v) is 0.799. The number of carboxylic acid groups (broad SMARTS) is 1. The van der Waals surface area contributed by atoms with Crippen LogP contribution in [0.5, 0.6) is 0 Å². The monoisotopic (exact) mass is 211 g/mol. The third-order valence-electron chi connectivity index (χ3n) is 1.63. The van der Waals surface area contributed by atoms with Crippen molar-refractivity contribution in [2.75, 3.05) is 6.61 Å². The van der Waals surface area contributed by atoms with Gasteiger partial charge in [-0.2, -0.15) is 0 Å². The Morgan fingerprint density at radius 3 is 2.07 bits per heavy atom. The van der Waals surface area contributed by atoms with E-state index < -0.39 is 37.0 Å². The van der Waals surface area contributed by atoms with E-state index in [4.69, 9.17) is 25.5 Å². The summed E-state index contributed by atoms with van der Waals surface area (Å²) in [6.07, 6.45) is -7.32. The number of nitrogens with two attached hydrogens (primary N) is 1. The van der Waals surface area contributed by atoms with Crippen LogP contribution in [0.4, 0.5) is 0 Å². The summed E-state index contributed by atoms with van der Waals surface area (Å²) in [4.78, 5) is 14.3. The first-order valence-electron chi connectivity index (χ1n) is 3.69. The lowest BCUT2D eigenvalue weighted by atomic mass is 10.0. The van der Waals surface area contributed by atoms with Crippen molar-refractivity contribution >= 4 is 5.97 Å². The van der Waals surface area contributed by atoms with Crippen LogP contribution in [0.1, 0.15) is 0 Å². The Balaban J connectivity index is 4.41. The first-order valence-corrected chi connectivity index (χ1v) is 3.69. The second-order valence-corrected chi connectivity index (χ2v) is 2.63. The van der Waals surface area contributed by atoms with Crippen LogP contribution in [0.3, 0.4) is 0 Å². The van der Waals surface area contributed by atoms with Gasteiger partial charge in [-0.3, -0.25) is 4.84 Å². The summed E-state index contributed by atoms with van der Waals surface area (Å²) in [5.41, 5.74) is 0. The summed E-state index contributed by atoms with van der Waals surface area (Å²) < 4.78 is 0. The standard InChI is InChI=1S/C6H13NO7/c7-14-5(6(12)13)4(11)3(10)2(9)1-8/h2-5,8-11H,1,7H2,(H,12,13)/t2-,3+,4-,5+/m0/s1. The molecular formula is C6H13NO7. The molecule has 0 rings (SSSR count). The van der Waals surface area contributed by atoms with Gasteiger partial charge in [0.2, 0.25) is 6.10 Å². The van der Waals surface area contributed by atoms with E-state index in [1.165, 1.54) is 0 Å². The zero-order chi connectivity index (χ0) is 11.3. The zero-order valence-corrected chi connectivity index (χ0v) is 7.15. The van der Waals surface area contributed by atoms with Crippen LogP contribution in [0, 0.1) is 0 Å². The van der Waals surface area contributed by atoms with Gasteiger partial charge in [0.25, 0.3) is 0 Å². The molecule has 0 heterocycles. The number of carboxylic acids is 1. The molecular weight excluding hydrogens is 198 g/mol. The van der Waals surface area contributed by atoms with E-state index in [0.29, 0.717) is 0 Å². The number of hydrogen-bond acceptors (Lipinski definition) is 7. The molecule has 0 aromatic rings. The molecule has 84 valence electrons. The van der Waals surface area contributed by atoms with Gasteiger partial charge in [0.05, 0.1) is 6.61 Å². The van der Waals surface area contributed by atoms with Crippen molar-refractivity contribution in [3.05, 3.63) is 0 Å². The maximum Gasteiger partial charge on any atom is 0.337 e. The molecule has 0 aromatic heterocycles. The number of aliphatic carboxylic acids is 1. The predicted molar refractivity (Wildman–Crippen MR) is 41.8 cm³/mol. The van der Waals surface area contributed by atoms with Crippen LogP contribution < -0.4 is 5.90 Å². The molecule has 0 saturated carbocycles. The van der Waals surface area contributed by atoms with Crippen molar-refractivity contribution in [2.24, 2.45) is 5.90 Å². The highest BCUT2D eigenvalue weighted by atomic mass is 16.6. The summed E-state index contributed by atoms with van der Waals surface area (Å²) >= 11 is 0. The second kappa shape index (κ2) is 5.86. The molecule has 8 heteroatoms. The molecule has 0 bridgehead atoms. The lowest BCUT2D eigenvalue weighted by Crippen LogP contribution is -2.50. The predicted octanol–water partition coefficient (Wildman–Crippen LogP) is -3.60. The maximum absolute atomic E-state index is 10.4. The molecule has 14 heavy (non-hydrogen) atoms. The van der Waals surface area contributed by atoms with E-state index in [1.54, 1.807) is 0 Å². The molecule has 0 aromatic carbocycles. The van der Waals surface area contributed by atoms with E-state index in [2.05, 4.69) is 10.7 Å². The largest absolute Gasteiger partial charge is 0.479 e. The van der Waals surface area contributed by atoms with Crippen molar-refractivity contribution < 1.29 is 35.2 Å². The summed E-state index contributed by atoms with van der Waals surface area (Å²) in [6, 6.07) is 0. The number of aliphatic hydroxyl groups excluding tert-OH is 4. The van der Waals surface area contributed by atoms with Crippen molar-refractivity contribution in [1.82, 2.24) is 0 Å². The fraction of sp³-hybridized carbons (Fsp3) is 0.833. The van der Waals surface area contributed by atoms with E-state index in [1.807, 2.05) is 0 Å². The van der Waals surface area contributed by atoms with Gasteiger partial charge < -0.3 is 25.5 Å². The lowest BCUT2D eigenvalue weighted by molar-refractivity contribution is -0.172. The van der Waals surface area contributed by atoms with E-state index in [9.17, 15) is 4.79 Å². The Morgan fingerprint density at radius 2 is 1.79 bits per heavy atom. The van der Waals surface area contributed by atoms with Gasteiger partial charge in [0, 0.05) is 0 Å². The van der Waals surface area contributed by atoms with Gasteiger partial charge in [-0.1, -0.05) is 0 Å². The van der Waals surface area contributed by atoms with Gasteiger partial charge in [-0.25, -0.2) is 10.7 Å². The van der Waals surface area contributed by atoms with Crippen molar-refractivity contribution in [1.29, 1.82) is 0 Å². The Morgan fingerprint density at radius 1 is 1.29 bits per heavy atom. The third-order valence-corrected chi connectivity index (χ3v) is 1.63. The number of carbonyl (C=O) groups is 1. The minimum atomic E-state index is -1.93. The van der Waals surface area contributed by atoms with Crippen molar-refractivity contribution in [3.63, 3.8) is 0 Å². The van der Waals surface area contributed by atoms with Crippen molar-refractivity contribution in [3.8, 4) is 0 Å². The molecule has 0 aliphatic carbocycles. The van der Waals surface area contributed by atoms with Crippen LogP contribution >= 0.6 is 0 Å². The number of rotatable bonds is 6. The van der Waals surface area contributed by atoms with E-state index in [-0.39, 0.29) is 0 Å². The Hall–Kier alpha value is -0.770. The highest BCUT2D eigenvalue weighted by Gasteiger charge is 2.36. The summed E-state index contributed by atoms with van der Waals surface area (Å²) in [5, 5.41) is 43.9. The van der Waals surface area contributed by atoms with Gasteiger partial charge >= 0.3 is 5.97 Å². The smallest absolute Gasteiger partial charge is 0.337 e. The molecule has 0 radical (unpaired) electrons. The average Bonchev–Trinajstić information content (AvgIpc) is 2.15. The summed E-state index contributed by atoms with van der Waals surface area (Å²) in [7, 11) is 0. The Labute approximate surface area is 79.1 Å². The van der Waals surface area contributed by atoms with Gasteiger partial charge in [-0.05, 0) is 0 Å². The van der Waals surface area contributed by atoms with Crippen LogP contribution in [-0.2, 0) is 9.63 Å². The highest BCUT2D eigenvalue weighted by Crippen LogP contribution is 2.07. The van der Waals surface area contributed by atoms with Crippen LogP contribution in [0.15, 0.2) is 0 Å². The Kier molecular flexibility index (Phi) is 5.53. The van der Waals surface area contributed by atoms with Gasteiger partial charge in [0.15, 0.2) is 0 Å². The van der Waals surface area contributed by atoms with Gasteiger partial charge in [-0.15, -0.1) is 0 Å². The van der Waals surface area contributed by atoms with E-state index >= 15 is 0 Å². The summed E-state index contributed by atoms with van der Waals surface area (Å²) in [5.74, 6) is 2.96. The molecule has 0 aliphatic rings. The third kappa shape index (κ3) is 3.18. The lowest BCUT2D eigenvalue weighted by Gasteiger charge is -2.24. The normalized spacial score (nSPS) is 19.8. The first kappa shape index (κ1) is 13.2. The zero-order valence-electron chi connectivity index (χ0n) is 7.15. The van der Waals surface area contributed by atoms with Gasteiger partial charge in [0.1, 0.15) is 18.3 Å². The second-order valence-electron chi connectivity index (χ2n) is 2.63. The number of aliphatic hydroxyl groups is 4. The van der Waals surface area contributed by atoms with Crippen LogP contribution in [-0.4, -0.2) is 62.5 Å². The van der Waals surface area contributed by atoms with E-state index in [0.717, 1.165) is 0 Å². The molecule has 0 amide bonds. The molecule has 0 unspecified atom stereocenters. The number of hydrogen-bond donors (Lipinski definition) is 6. The molecule has 0 spiro atoms. The van der Waals surface area contributed by atoms with Crippen LogP contribution in [0.2, 0.25) is 0 Å². The minimum absolute atomic E-state index is 0.824. The molecule has 0 saturated heterocycles. The Bertz CT molecular complexity index is 187. The highest BCUT2D eigenvalue weighted by molar-refractivity contribution is 5.73. The summed E-state index contributed by atoms with van der Waals surface area (Å²) in [6.45, 7) is -0.824. The fourth-order valence-electron chi connectivity index (χ4n) is 0.799.